The zero-order valence-electron chi connectivity index (χ0n) is 12.1. The molecular weight excluding hydrogens is 272 g/mol. The second kappa shape index (κ2) is 6.39. The zero-order valence-corrected chi connectivity index (χ0v) is 12.9. The van der Waals surface area contributed by atoms with Gasteiger partial charge in [0.15, 0.2) is 5.75 Å². The molecule has 0 heterocycles. The van der Waals surface area contributed by atoms with Crippen LogP contribution in [0.1, 0.15) is 36.0 Å². The van der Waals surface area contributed by atoms with Crippen molar-refractivity contribution in [2.24, 2.45) is 0 Å². The van der Waals surface area contributed by atoms with E-state index in [0.29, 0.717) is 23.5 Å². The van der Waals surface area contributed by atoms with Crippen molar-refractivity contribution < 1.29 is 9.53 Å². The lowest BCUT2D eigenvalue weighted by molar-refractivity contribution is 0.0946. The van der Waals surface area contributed by atoms with Crippen LogP contribution in [0.4, 0.5) is 5.69 Å². The Bertz CT molecular complexity index is 485. The number of ether oxygens (including phenoxy) is 1. The van der Waals surface area contributed by atoms with Gasteiger partial charge in [-0.2, -0.15) is 11.8 Å². The molecule has 1 aliphatic rings. The molecule has 5 heteroatoms. The average Bonchev–Trinajstić information content (AvgIpc) is 2.94. The topological polar surface area (TPSA) is 64.3 Å². The number of amides is 1. The molecule has 0 aliphatic heterocycles. The smallest absolute Gasteiger partial charge is 0.255 e. The highest BCUT2D eigenvalue weighted by molar-refractivity contribution is 8.00. The van der Waals surface area contributed by atoms with Crippen molar-refractivity contribution in [3.63, 3.8) is 0 Å². The molecule has 1 aliphatic carbocycles. The molecule has 0 bridgehead atoms. The molecule has 0 radical (unpaired) electrons. The largest absolute Gasteiger partial charge is 0.494 e. The Morgan fingerprint density at radius 3 is 2.75 bits per heavy atom. The molecule has 4 nitrogen and oxygen atoms in total. The molecule has 0 saturated heterocycles. The summed E-state index contributed by atoms with van der Waals surface area (Å²) in [5, 5.41) is 3.04. The van der Waals surface area contributed by atoms with E-state index in [1.807, 2.05) is 11.8 Å². The van der Waals surface area contributed by atoms with Gasteiger partial charge in [-0.05, 0) is 31.2 Å². The number of carbonyl (C=O) groups is 1. The molecule has 0 aromatic heterocycles. The van der Waals surface area contributed by atoms with Crippen LogP contribution in [0.3, 0.4) is 0 Å². The van der Waals surface area contributed by atoms with E-state index in [0.717, 1.165) is 0 Å². The van der Waals surface area contributed by atoms with Crippen molar-refractivity contribution in [1.29, 1.82) is 0 Å². The number of rotatable bonds is 5. The van der Waals surface area contributed by atoms with Gasteiger partial charge in [0.1, 0.15) is 0 Å². The second-order valence-electron chi connectivity index (χ2n) is 5.20. The van der Waals surface area contributed by atoms with Crippen molar-refractivity contribution >= 4 is 23.4 Å². The third-order valence-electron chi connectivity index (χ3n) is 4.01. The van der Waals surface area contributed by atoms with Crippen LogP contribution < -0.4 is 15.8 Å². The summed E-state index contributed by atoms with van der Waals surface area (Å²) in [5.41, 5.74) is 6.82. The first kappa shape index (κ1) is 15.0. The number of hydrogen-bond acceptors (Lipinski definition) is 4. The molecule has 0 unspecified atom stereocenters. The van der Waals surface area contributed by atoms with Gasteiger partial charge in [-0.1, -0.05) is 18.9 Å². The number of nitrogen functional groups attached to an aromatic ring is 1. The first-order chi connectivity index (χ1) is 9.62. The Labute approximate surface area is 124 Å². The van der Waals surface area contributed by atoms with Gasteiger partial charge in [0.2, 0.25) is 0 Å². The summed E-state index contributed by atoms with van der Waals surface area (Å²) in [6, 6.07) is 5.24. The fraction of sp³-hybridized carbons (Fsp3) is 0.533. The molecule has 110 valence electrons. The summed E-state index contributed by atoms with van der Waals surface area (Å²) in [5.74, 6) is 0.337. The molecule has 3 N–H and O–H groups in total. The van der Waals surface area contributed by atoms with Gasteiger partial charge in [-0.3, -0.25) is 4.79 Å². The molecule has 0 spiro atoms. The summed E-state index contributed by atoms with van der Waals surface area (Å²) >= 11 is 1.86. The molecule has 1 saturated carbocycles. The molecule has 0 atom stereocenters. The lowest BCUT2D eigenvalue weighted by Gasteiger charge is -2.27. The monoisotopic (exact) mass is 294 g/mol. The standard InChI is InChI=1S/C15H22N2O2S/c1-19-13-11(6-5-7-12(13)16)14(18)17-10-15(20-2)8-3-4-9-15/h5-7H,3-4,8-10,16H2,1-2H3,(H,17,18). The summed E-state index contributed by atoms with van der Waals surface area (Å²) < 4.78 is 5.43. The summed E-state index contributed by atoms with van der Waals surface area (Å²) in [6.45, 7) is 0.699. The van der Waals surface area contributed by atoms with Crippen LogP contribution in [0, 0.1) is 0 Å². The summed E-state index contributed by atoms with van der Waals surface area (Å²) in [7, 11) is 1.53. The number of nitrogens with one attached hydrogen (secondary N) is 1. The number of thioether (sulfide) groups is 1. The van der Waals surface area contributed by atoms with Crippen molar-refractivity contribution in [3.8, 4) is 5.75 Å². The highest BCUT2D eigenvalue weighted by Gasteiger charge is 2.33. The quantitative estimate of drug-likeness (QED) is 0.820. The summed E-state index contributed by atoms with van der Waals surface area (Å²) in [4.78, 5) is 12.3. The van der Waals surface area contributed by atoms with Crippen LogP contribution in [0.5, 0.6) is 5.75 Å². The fourth-order valence-corrected chi connectivity index (χ4v) is 3.68. The number of para-hydroxylation sites is 1. The number of methoxy groups -OCH3 is 1. The van der Waals surface area contributed by atoms with Crippen LogP contribution in [-0.2, 0) is 0 Å². The van der Waals surface area contributed by atoms with Crippen LogP contribution in [0.2, 0.25) is 0 Å². The van der Waals surface area contributed by atoms with Crippen molar-refractivity contribution in [2.45, 2.75) is 30.4 Å². The van der Waals surface area contributed by atoms with E-state index in [1.165, 1.54) is 32.8 Å². The van der Waals surface area contributed by atoms with E-state index in [4.69, 9.17) is 10.5 Å². The Kier molecular flexibility index (Phi) is 4.81. The number of nitrogens with two attached hydrogens (primary N) is 1. The Hall–Kier alpha value is -1.36. The predicted molar refractivity (Wildman–Crippen MR) is 84.5 cm³/mol. The molecule has 1 aromatic carbocycles. The summed E-state index contributed by atoms with van der Waals surface area (Å²) in [6.07, 6.45) is 6.96. The Morgan fingerprint density at radius 2 is 2.15 bits per heavy atom. The minimum absolute atomic E-state index is 0.116. The number of anilines is 1. The average molecular weight is 294 g/mol. The molecule has 1 amide bonds. The first-order valence-corrected chi connectivity index (χ1v) is 8.10. The SMILES string of the molecule is COc1c(N)cccc1C(=O)NCC1(SC)CCCC1. The number of benzene rings is 1. The van der Waals surface area contributed by atoms with Gasteiger partial charge in [-0.25, -0.2) is 0 Å². The lowest BCUT2D eigenvalue weighted by Crippen LogP contribution is -2.38. The minimum atomic E-state index is -0.116. The molecule has 1 fully saturated rings. The maximum absolute atomic E-state index is 12.3. The number of hydrogen-bond donors (Lipinski definition) is 2. The Balaban J connectivity index is 2.07. The van der Waals surface area contributed by atoms with Gasteiger partial charge >= 0.3 is 0 Å². The second-order valence-corrected chi connectivity index (χ2v) is 6.48. The molecule has 1 aromatic rings. The van der Waals surface area contributed by atoms with E-state index in [9.17, 15) is 4.79 Å². The maximum atomic E-state index is 12.3. The van der Waals surface area contributed by atoms with Gasteiger partial charge in [0, 0.05) is 11.3 Å². The fourth-order valence-electron chi connectivity index (χ4n) is 2.77. The van der Waals surface area contributed by atoms with Gasteiger partial charge in [0.05, 0.1) is 18.4 Å². The molecular formula is C15H22N2O2S. The van der Waals surface area contributed by atoms with E-state index in [1.54, 1.807) is 18.2 Å². The zero-order chi connectivity index (χ0) is 14.6. The van der Waals surface area contributed by atoms with Gasteiger partial charge < -0.3 is 15.8 Å². The number of carbonyl (C=O) groups excluding carboxylic acids is 1. The normalized spacial score (nSPS) is 16.9. The van der Waals surface area contributed by atoms with Crippen molar-refractivity contribution in [1.82, 2.24) is 5.32 Å². The van der Waals surface area contributed by atoms with Crippen molar-refractivity contribution in [2.75, 3.05) is 25.6 Å². The van der Waals surface area contributed by atoms with Crippen LogP contribution in [0.15, 0.2) is 18.2 Å². The van der Waals surface area contributed by atoms with Gasteiger partial charge in [0.25, 0.3) is 5.91 Å². The third kappa shape index (κ3) is 3.03. The van der Waals surface area contributed by atoms with E-state index < -0.39 is 0 Å². The predicted octanol–water partition coefficient (Wildman–Crippen LogP) is 2.68. The highest BCUT2D eigenvalue weighted by Crippen LogP contribution is 2.39. The molecule has 2 rings (SSSR count). The van der Waals surface area contributed by atoms with E-state index in [2.05, 4.69) is 11.6 Å². The highest BCUT2D eigenvalue weighted by atomic mass is 32.2. The van der Waals surface area contributed by atoms with Gasteiger partial charge in [-0.15, -0.1) is 0 Å². The molecule has 20 heavy (non-hydrogen) atoms. The minimum Gasteiger partial charge on any atom is -0.494 e. The van der Waals surface area contributed by atoms with E-state index in [-0.39, 0.29) is 10.7 Å². The van der Waals surface area contributed by atoms with E-state index >= 15 is 0 Å². The Morgan fingerprint density at radius 1 is 1.45 bits per heavy atom. The van der Waals surface area contributed by atoms with Crippen LogP contribution in [-0.4, -0.2) is 30.6 Å². The first-order valence-electron chi connectivity index (χ1n) is 6.88. The van der Waals surface area contributed by atoms with Crippen molar-refractivity contribution in [3.05, 3.63) is 23.8 Å². The van der Waals surface area contributed by atoms with Crippen LogP contribution >= 0.6 is 11.8 Å². The third-order valence-corrected chi connectivity index (χ3v) is 5.43. The lowest BCUT2D eigenvalue weighted by atomic mass is 10.1. The maximum Gasteiger partial charge on any atom is 0.255 e. The van der Waals surface area contributed by atoms with Crippen LogP contribution in [0.25, 0.3) is 0 Å².